The number of aromatic nitrogens is 4. The van der Waals surface area contributed by atoms with E-state index in [0.29, 0.717) is 16.2 Å². The van der Waals surface area contributed by atoms with Crippen molar-refractivity contribution in [3.8, 4) is 22.5 Å². The van der Waals surface area contributed by atoms with Gasteiger partial charge in [0.15, 0.2) is 4.34 Å². The van der Waals surface area contributed by atoms with Crippen molar-refractivity contribution in [2.75, 3.05) is 11.1 Å². The summed E-state index contributed by atoms with van der Waals surface area (Å²) in [5.41, 5.74) is 6.66. The van der Waals surface area contributed by atoms with E-state index in [4.69, 9.17) is 9.97 Å². The molecule has 8 heteroatoms. The summed E-state index contributed by atoms with van der Waals surface area (Å²) in [6, 6.07) is 35.7. The third-order valence-electron chi connectivity index (χ3n) is 6.11. The summed E-state index contributed by atoms with van der Waals surface area (Å²) in [6.45, 7) is 0. The number of nitrogens with one attached hydrogen (secondary N) is 1. The lowest BCUT2D eigenvalue weighted by Crippen LogP contribution is -2.11. The molecule has 6 rings (SSSR count). The molecule has 0 aliphatic heterocycles. The maximum Gasteiger partial charge on any atom is 0.257 e. The Morgan fingerprint density at radius 2 is 1.33 bits per heavy atom. The number of carbonyl (C=O) groups excluding carboxylic acids is 1. The molecule has 190 valence electrons. The van der Waals surface area contributed by atoms with Crippen molar-refractivity contribution in [2.24, 2.45) is 0 Å². The molecule has 6 nitrogen and oxygen atoms in total. The minimum absolute atomic E-state index is 0.260. The molecular formula is C31H23N5OS2. The van der Waals surface area contributed by atoms with Gasteiger partial charge in [-0.05, 0) is 30.2 Å². The number of anilines is 1. The maximum absolute atomic E-state index is 13.1. The van der Waals surface area contributed by atoms with Crippen LogP contribution in [0.25, 0.3) is 33.5 Å². The molecule has 0 unspecified atom stereocenters. The summed E-state index contributed by atoms with van der Waals surface area (Å²) >= 11 is 3.01. The van der Waals surface area contributed by atoms with E-state index in [1.807, 2.05) is 84.9 Å². The molecule has 39 heavy (non-hydrogen) atoms. The normalized spacial score (nSPS) is 11.0. The Kier molecular flexibility index (Phi) is 7.38. The summed E-state index contributed by atoms with van der Waals surface area (Å²) in [5, 5.41) is 11.7. The SMILES string of the molecule is O=C(Nc1nnc(SCCc2ccccc2)s1)c1ccc2nc(-c3ccccc3)c(-c3ccccc3)nc2c1. The average Bonchev–Trinajstić information content (AvgIpc) is 3.44. The van der Waals surface area contributed by atoms with Crippen LogP contribution >= 0.6 is 23.1 Å². The van der Waals surface area contributed by atoms with Crippen LogP contribution in [0.3, 0.4) is 0 Å². The Morgan fingerprint density at radius 1 is 0.718 bits per heavy atom. The Bertz CT molecular complexity index is 1720. The van der Waals surface area contributed by atoms with Crippen LogP contribution in [0.2, 0.25) is 0 Å². The lowest BCUT2D eigenvalue weighted by molar-refractivity contribution is 0.102. The molecule has 1 N–H and O–H groups in total. The van der Waals surface area contributed by atoms with E-state index in [-0.39, 0.29) is 5.91 Å². The van der Waals surface area contributed by atoms with Crippen LogP contribution in [0.15, 0.2) is 114 Å². The van der Waals surface area contributed by atoms with Crippen molar-refractivity contribution in [3.63, 3.8) is 0 Å². The Hall–Kier alpha value is -4.40. The van der Waals surface area contributed by atoms with Gasteiger partial charge in [0.2, 0.25) is 5.13 Å². The Balaban J connectivity index is 1.22. The number of carbonyl (C=O) groups is 1. The molecule has 0 fully saturated rings. The molecule has 0 atom stereocenters. The van der Waals surface area contributed by atoms with Gasteiger partial charge in [-0.25, -0.2) is 9.97 Å². The molecule has 1 amide bonds. The first-order valence-corrected chi connectivity index (χ1v) is 14.3. The zero-order chi connectivity index (χ0) is 26.4. The predicted octanol–water partition coefficient (Wildman–Crippen LogP) is 7.40. The maximum atomic E-state index is 13.1. The standard InChI is InChI=1S/C31H23N5OS2/c37-29(34-30-35-36-31(39-30)38-19-18-21-10-4-1-5-11-21)24-16-17-25-26(20-24)33-28(23-14-8-3-9-15-23)27(32-25)22-12-6-2-7-13-22/h1-17,20H,18-19H2,(H,34,35,37). The van der Waals surface area contributed by atoms with Crippen LogP contribution in [-0.4, -0.2) is 31.8 Å². The van der Waals surface area contributed by atoms with Gasteiger partial charge in [0, 0.05) is 22.4 Å². The van der Waals surface area contributed by atoms with Gasteiger partial charge in [-0.3, -0.25) is 10.1 Å². The van der Waals surface area contributed by atoms with Crippen molar-refractivity contribution in [3.05, 3.63) is 120 Å². The van der Waals surface area contributed by atoms with Crippen molar-refractivity contribution < 1.29 is 4.79 Å². The summed E-state index contributed by atoms with van der Waals surface area (Å²) in [4.78, 5) is 23.0. The Labute approximate surface area is 234 Å². The number of hydrogen-bond donors (Lipinski definition) is 1. The lowest BCUT2D eigenvalue weighted by Gasteiger charge is -2.11. The number of hydrogen-bond acceptors (Lipinski definition) is 7. The lowest BCUT2D eigenvalue weighted by atomic mass is 10.0. The highest BCUT2D eigenvalue weighted by Crippen LogP contribution is 2.31. The van der Waals surface area contributed by atoms with Gasteiger partial charge in [0.05, 0.1) is 22.4 Å². The van der Waals surface area contributed by atoms with E-state index in [2.05, 4.69) is 27.6 Å². The number of thioether (sulfide) groups is 1. The fourth-order valence-corrected chi connectivity index (χ4v) is 5.98. The van der Waals surface area contributed by atoms with Crippen LogP contribution < -0.4 is 5.32 Å². The van der Waals surface area contributed by atoms with Gasteiger partial charge < -0.3 is 0 Å². The molecule has 0 spiro atoms. The predicted molar refractivity (Wildman–Crippen MR) is 159 cm³/mol. The first kappa shape index (κ1) is 24.9. The molecule has 2 aromatic heterocycles. The second kappa shape index (κ2) is 11.6. The zero-order valence-corrected chi connectivity index (χ0v) is 22.5. The molecule has 0 saturated heterocycles. The highest BCUT2D eigenvalue weighted by atomic mass is 32.2. The van der Waals surface area contributed by atoms with Crippen molar-refractivity contribution in [1.82, 2.24) is 20.2 Å². The smallest absolute Gasteiger partial charge is 0.257 e. The number of amides is 1. The fraction of sp³-hybridized carbons (Fsp3) is 0.0645. The highest BCUT2D eigenvalue weighted by Gasteiger charge is 2.16. The van der Waals surface area contributed by atoms with Gasteiger partial charge in [-0.2, -0.15) is 0 Å². The number of nitrogens with zero attached hydrogens (tertiary/aromatic N) is 4. The van der Waals surface area contributed by atoms with E-state index in [9.17, 15) is 4.79 Å². The monoisotopic (exact) mass is 545 g/mol. The summed E-state index contributed by atoms with van der Waals surface area (Å²) in [5.74, 6) is 0.633. The molecule has 6 aromatic rings. The first-order valence-electron chi connectivity index (χ1n) is 12.5. The second-order valence-corrected chi connectivity index (χ2v) is 11.1. The molecule has 2 heterocycles. The number of benzene rings is 4. The molecule has 0 bridgehead atoms. The van der Waals surface area contributed by atoms with E-state index in [0.717, 1.165) is 44.5 Å². The quantitative estimate of drug-likeness (QED) is 0.159. The molecule has 0 aliphatic carbocycles. The molecule has 4 aromatic carbocycles. The van der Waals surface area contributed by atoms with Crippen molar-refractivity contribution in [2.45, 2.75) is 10.8 Å². The van der Waals surface area contributed by atoms with E-state index in [1.54, 1.807) is 23.9 Å². The minimum Gasteiger partial charge on any atom is -0.296 e. The summed E-state index contributed by atoms with van der Waals surface area (Å²) in [6.07, 6.45) is 0.946. The van der Waals surface area contributed by atoms with Crippen LogP contribution in [-0.2, 0) is 6.42 Å². The summed E-state index contributed by atoms with van der Waals surface area (Å²) < 4.78 is 0.826. The molecule has 0 saturated carbocycles. The van der Waals surface area contributed by atoms with E-state index in [1.165, 1.54) is 16.9 Å². The van der Waals surface area contributed by atoms with Crippen LogP contribution in [0.5, 0.6) is 0 Å². The molecule has 0 radical (unpaired) electrons. The van der Waals surface area contributed by atoms with Gasteiger partial charge in [-0.1, -0.05) is 114 Å². The van der Waals surface area contributed by atoms with Crippen molar-refractivity contribution in [1.29, 1.82) is 0 Å². The van der Waals surface area contributed by atoms with Crippen LogP contribution in [0.4, 0.5) is 5.13 Å². The fourth-order valence-electron chi connectivity index (χ4n) is 4.18. The third-order valence-corrected chi connectivity index (χ3v) is 8.08. The van der Waals surface area contributed by atoms with Gasteiger partial charge in [-0.15, -0.1) is 10.2 Å². The highest BCUT2D eigenvalue weighted by molar-refractivity contribution is 8.01. The van der Waals surface area contributed by atoms with Crippen LogP contribution in [0.1, 0.15) is 15.9 Å². The van der Waals surface area contributed by atoms with Gasteiger partial charge in [0.1, 0.15) is 0 Å². The number of fused-ring (bicyclic) bond motifs is 1. The first-order chi connectivity index (χ1) is 19.2. The minimum atomic E-state index is -0.260. The largest absolute Gasteiger partial charge is 0.296 e. The third kappa shape index (κ3) is 5.87. The topological polar surface area (TPSA) is 80.7 Å². The van der Waals surface area contributed by atoms with Gasteiger partial charge in [0.25, 0.3) is 5.91 Å². The Morgan fingerprint density at radius 3 is 2.00 bits per heavy atom. The van der Waals surface area contributed by atoms with E-state index < -0.39 is 0 Å². The van der Waals surface area contributed by atoms with Crippen LogP contribution in [0, 0.1) is 0 Å². The number of aryl methyl sites for hydroxylation is 1. The average molecular weight is 546 g/mol. The van der Waals surface area contributed by atoms with Gasteiger partial charge >= 0.3 is 0 Å². The molecular weight excluding hydrogens is 523 g/mol. The van der Waals surface area contributed by atoms with Crippen molar-refractivity contribution >= 4 is 45.2 Å². The summed E-state index contributed by atoms with van der Waals surface area (Å²) in [7, 11) is 0. The van der Waals surface area contributed by atoms with E-state index >= 15 is 0 Å². The zero-order valence-electron chi connectivity index (χ0n) is 20.8. The number of rotatable bonds is 8. The second-order valence-electron chi connectivity index (χ2n) is 8.77. The molecule has 0 aliphatic rings.